The molecule has 41 heavy (non-hydrogen) atoms. The van der Waals surface area contributed by atoms with E-state index in [4.69, 9.17) is 0 Å². The first-order chi connectivity index (χ1) is 19.4. The standard InChI is InChI=1S/C29H38FN7O3S/c1-17(2)37-26-24(15-31-28(34-26)32-20-6-8-21(9-7-20)36(3)4)33-25(27(37)38)18-5-10-23(22(30)13-18)35-41(39,40)16-19-14-29(19)11-12-29/h5,10,13,15,17,19-21,35H,6-9,11-12,14,16H2,1-4H3,(H,31,32,34)/t19?,20-,21-. The number of rotatable bonds is 9. The van der Waals surface area contributed by atoms with E-state index in [1.54, 1.807) is 10.8 Å². The lowest BCUT2D eigenvalue weighted by atomic mass is 9.91. The van der Waals surface area contributed by atoms with Crippen molar-refractivity contribution in [3.8, 4) is 11.3 Å². The quantitative estimate of drug-likeness (QED) is 0.380. The largest absolute Gasteiger partial charge is 0.351 e. The van der Waals surface area contributed by atoms with Crippen molar-refractivity contribution in [2.75, 3.05) is 29.9 Å². The maximum absolute atomic E-state index is 15.1. The Labute approximate surface area is 239 Å². The highest BCUT2D eigenvalue weighted by molar-refractivity contribution is 7.92. The van der Waals surface area contributed by atoms with Crippen LogP contribution >= 0.6 is 0 Å². The molecular weight excluding hydrogens is 545 g/mol. The predicted molar refractivity (Wildman–Crippen MR) is 158 cm³/mol. The van der Waals surface area contributed by atoms with Gasteiger partial charge in [0.15, 0.2) is 5.65 Å². The molecule has 1 aromatic carbocycles. The van der Waals surface area contributed by atoms with Crippen LogP contribution in [0.4, 0.5) is 16.0 Å². The molecule has 12 heteroatoms. The normalized spacial score (nSPS) is 23.3. The molecule has 2 aromatic heterocycles. The number of nitrogens with zero attached hydrogens (tertiary/aromatic N) is 5. The van der Waals surface area contributed by atoms with Crippen LogP contribution in [-0.4, -0.2) is 64.8 Å². The number of aromatic nitrogens is 4. The molecular formula is C29H38FN7O3S. The van der Waals surface area contributed by atoms with Gasteiger partial charge in [0.2, 0.25) is 16.0 Å². The second-order valence-electron chi connectivity index (χ2n) is 12.6. The van der Waals surface area contributed by atoms with Crippen molar-refractivity contribution in [3.63, 3.8) is 0 Å². The van der Waals surface area contributed by atoms with Gasteiger partial charge in [-0.3, -0.25) is 14.1 Å². The number of benzene rings is 1. The van der Waals surface area contributed by atoms with Crippen LogP contribution in [0.2, 0.25) is 0 Å². The van der Waals surface area contributed by atoms with Crippen LogP contribution in [0.3, 0.4) is 0 Å². The highest BCUT2D eigenvalue weighted by Crippen LogP contribution is 2.70. The molecule has 3 aliphatic carbocycles. The minimum Gasteiger partial charge on any atom is -0.351 e. The second kappa shape index (κ2) is 10.3. The Morgan fingerprint density at radius 2 is 1.88 bits per heavy atom. The van der Waals surface area contributed by atoms with Crippen molar-refractivity contribution < 1.29 is 12.8 Å². The van der Waals surface area contributed by atoms with E-state index in [-0.39, 0.29) is 46.1 Å². The molecule has 220 valence electrons. The van der Waals surface area contributed by atoms with Gasteiger partial charge in [-0.25, -0.2) is 22.8 Å². The second-order valence-corrected chi connectivity index (χ2v) is 14.4. The van der Waals surface area contributed by atoms with Crippen molar-refractivity contribution in [2.24, 2.45) is 11.3 Å². The molecule has 3 saturated carbocycles. The number of anilines is 2. The number of nitrogens with one attached hydrogen (secondary N) is 2. The molecule has 2 N–H and O–H groups in total. The molecule has 3 fully saturated rings. The Morgan fingerprint density at radius 3 is 2.49 bits per heavy atom. The van der Waals surface area contributed by atoms with Crippen LogP contribution in [0, 0.1) is 17.2 Å². The fraction of sp³-hybridized carbons (Fsp3) is 0.586. The van der Waals surface area contributed by atoms with E-state index in [9.17, 15) is 13.2 Å². The van der Waals surface area contributed by atoms with Gasteiger partial charge in [-0.1, -0.05) is 6.07 Å². The van der Waals surface area contributed by atoms with Gasteiger partial charge in [0, 0.05) is 23.7 Å². The number of halogens is 1. The highest BCUT2D eigenvalue weighted by Gasteiger charge is 2.63. The van der Waals surface area contributed by atoms with E-state index >= 15 is 4.39 Å². The summed E-state index contributed by atoms with van der Waals surface area (Å²) in [5.74, 6) is -0.140. The fourth-order valence-electron chi connectivity index (χ4n) is 6.32. The topological polar surface area (TPSA) is 122 Å². The lowest BCUT2D eigenvalue weighted by Crippen LogP contribution is -2.36. The summed E-state index contributed by atoms with van der Waals surface area (Å²) in [7, 11) is 0.547. The molecule has 1 spiro atoms. The van der Waals surface area contributed by atoms with Gasteiger partial charge >= 0.3 is 0 Å². The molecule has 1 atom stereocenters. The number of fused-ring (bicyclic) bond motifs is 1. The van der Waals surface area contributed by atoms with Crippen molar-refractivity contribution in [3.05, 3.63) is 40.6 Å². The monoisotopic (exact) mass is 583 g/mol. The van der Waals surface area contributed by atoms with Crippen molar-refractivity contribution >= 4 is 32.8 Å². The van der Waals surface area contributed by atoms with E-state index < -0.39 is 21.4 Å². The third kappa shape index (κ3) is 5.68. The van der Waals surface area contributed by atoms with Crippen LogP contribution in [0.1, 0.15) is 64.8 Å². The van der Waals surface area contributed by atoms with Crippen molar-refractivity contribution in [2.45, 2.75) is 76.9 Å². The van der Waals surface area contributed by atoms with Crippen LogP contribution in [-0.2, 0) is 10.0 Å². The number of hydrogen-bond donors (Lipinski definition) is 2. The smallest absolute Gasteiger partial charge is 0.278 e. The molecule has 0 saturated heterocycles. The van der Waals surface area contributed by atoms with E-state index in [2.05, 4.69) is 44.0 Å². The van der Waals surface area contributed by atoms with Crippen LogP contribution < -0.4 is 15.6 Å². The van der Waals surface area contributed by atoms with Gasteiger partial charge in [0.1, 0.15) is 17.0 Å². The van der Waals surface area contributed by atoms with Gasteiger partial charge in [0.25, 0.3) is 5.56 Å². The fourth-order valence-corrected chi connectivity index (χ4v) is 7.90. The molecule has 1 unspecified atom stereocenters. The molecule has 0 bridgehead atoms. The molecule has 0 aliphatic heterocycles. The first kappa shape index (κ1) is 28.0. The van der Waals surface area contributed by atoms with Crippen molar-refractivity contribution in [1.82, 2.24) is 24.4 Å². The Morgan fingerprint density at radius 1 is 1.15 bits per heavy atom. The van der Waals surface area contributed by atoms with Gasteiger partial charge in [0.05, 0.1) is 17.6 Å². The Balaban J connectivity index is 1.25. The summed E-state index contributed by atoms with van der Waals surface area (Å²) < 4.78 is 44.3. The highest BCUT2D eigenvalue weighted by atomic mass is 32.2. The van der Waals surface area contributed by atoms with E-state index in [0.29, 0.717) is 23.2 Å². The molecule has 6 rings (SSSR count). The predicted octanol–water partition coefficient (Wildman–Crippen LogP) is 4.40. The van der Waals surface area contributed by atoms with Gasteiger partial charge in [-0.15, -0.1) is 0 Å². The maximum Gasteiger partial charge on any atom is 0.278 e. The lowest BCUT2D eigenvalue weighted by Gasteiger charge is -2.32. The first-order valence-electron chi connectivity index (χ1n) is 14.5. The van der Waals surface area contributed by atoms with Crippen LogP contribution in [0.15, 0.2) is 29.2 Å². The molecule has 2 heterocycles. The van der Waals surface area contributed by atoms with Gasteiger partial charge in [-0.2, -0.15) is 4.98 Å². The van der Waals surface area contributed by atoms with E-state index in [1.165, 1.54) is 12.1 Å². The molecule has 3 aliphatic rings. The average Bonchev–Trinajstić information content (AvgIpc) is 3.83. The zero-order chi connectivity index (χ0) is 29.1. The van der Waals surface area contributed by atoms with Gasteiger partial charge in [-0.05, 0) is 96.4 Å². The minimum atomic E-state index is -3.68. The number of sulfonamides is 1. The summed E-state index contributed by atoms with van der Waals surface area (Å²) in [5.41, 5.74) is 0.833. The summed E-state index contributed by atoms with van der Waals surface area (Å²) in [6.07, 6.45) is 8.91. The van der Waals surface area contributed by atoms with E-state index in [1.807, 2.05) is 13.8 Å². The lowest BCUT2D eigenvalue weighted by molar-refractivity contribution is 0.221. The summed E-state index contributed by atoms with van der Waals surface area (Å²) in [6.45, 7) is 3.76. The Bertz CT molecular complexity index is 1640. The van der Waals surface area contributed by atoms with Crippen LogP contribution in [0.25, 0.3) is 22.4 Å². The molecule has 3 aromatic rings. The van der Waals surface area contributed by atoms with E-state index in [0.717, 1.165) is 51.0 Å². The molecule has 10 nitrogen and oxygen atoms in total. The third-order valence-corrected chi connectivity index (χ3v) is 10.5. The molecule has 0 radical (unpaired) electrons. The first-order valence-corrected chi connectivity index (χ1v) is 16.1. The SMILES string of the molecule is CC(C)n1c(=O)c(-c2ccc(NS(=O)(=O)CC3CC34CC4)c(F)c2)nc2cnc(N[C@H]3CC[C@H](N(C)C)CC3)nc21. The zero-order valence-corrected chi connectivity index (χ0v) is 24.8. The summed E-state index contributed by atoms with van der Waals surface area (Å²) >= 11 is 0. The molecule has 0 amide bonds. The van der Waals surface area contributed by atoms with Crippen molar-refractivity contribution in [1.29, 1.82) is 0 Å². The third-order valence-electron chi connectivity index (χ3n) is 9.09. The summed E-state index contributed by atoms with van der Waals surface area (Å²) in [6, 6.07) is 4.61. The summed E-state index contributed by atoms with van der Waals surface area (Å²) in [4.78, 5) is 29.6. The van der Waals surface area contributed by atoms with Gasteiger partial charge < -0.3 is 10.2 Å². The zero-order valence-electron chi connectivity index (χ0n) is 24.0. The average molecular weight is 584 g/mol. The Hall–Kier alpha value is -3.12. The number of hydrogen-bond acceptors (Lipinski definition) is 8. The van der Waals surface area contributed by atoms with Crippen LogP contribution in [0.5, 0.6) is 0 Å². The minimum absolute atomic E-state index is 0.00765. The Kier molecular flexibility index (Phi) is 7.04. The summed E-state index contributed by atoms with van der Waals surface area (Å²) in [5, 5.41) is 3.43. The maximum atomic E-state index is 15.1.